The minimum Gasteiger partial charge on any atom is -0.338 e. The third-order valence-corrected chi connectivity index (χ3v) is 10.1. The number of hydrogen-bond acceptors (Lipinski definition) is 9. The summed E-state index contributed by atoms with van der Waals surface area (Å²) in [7, 11) is -7.84. The van der Waals surface area contributed by atoms with Crippen LogP contribution in [0.3, 0.4) is 0 Å². The first kappa shape index (κ1) is 23.5. The lowest BCUT2D eigenvalue weighted by Gasteiger charge is -2.32. The van der Waals surface area contributed by atoms with Crippen molar-refractivity contribution in [3.05, 3.63) is 24.3 Å². The molecule has 1 aromatic carbocycles. The van der Waals surface area contributed by atoms with Crippen molar-refractivity contribution < 1.29 is 27.2 Å². The molecule has 0 fully saturated rings. The first-order chi connectivity index (χ1) is 13.3. The Bertz CT molecular complexity index is 816. The highest BCUT2D eigenvalue weighted by Crippen LogP contribution is 2.70. The molecule has 1 heterocycles. The summed E-state index contributed by atoms with van der Waals surface area (Å²) < 4.78 is 50.3. The number of nitrogens with zero attached hydrogens (tertiary/aromatic N) is 1. The summed E-state index contributed by atoms with van der Waals surface area (Å²) in [4.78, 5) is 4.48. The maximum absolute atomic E-state index is 13.7. The average molecular weight is 450 g/mol. The Labute approximate surface area is 170 Å². The average Bonchev–Trinajstić information content (AvgIpc) is 3.02. The van der Waals surface area contributed by atoms with Gasteiger partial charge >= 0.3 is 15.2 Å². The van der Waals surface area contributed by atoms with E-state index in [2.05, 4.69) is 10.3 Å². The van der Waals surface area contributed by atoms with Crippen LogP contribution in [0.25, 0.3) is 10.2 Å². The molecule has 28 heavy (non-hydrogen) atoms. The molecule has 11 heteroatoms. The number of nitrogens with one attached hydrogen (secondary N) is 1. The van der Waals surface area contributed by atoms with Crippen molar-refractivity contribution in [2.45, 2.75) is 46.2 Å². The largest absolute Gasteiger partial charge is 0.365 e. The smallest absolute Gasteiger partial charge is 0.338 e. The molecule has 2 unspecified atom stereocenters. The highest BCUT2D eigenvalue weighted by atomic mass is 32.1. The standard InChI is InChI=1S/C17H28N2O6P2S/c1-6-22-26(20,23-7-2)17(27(21,24-8-3)25-13(4)5)19-16-18-14-11-9-10-12-15(14)28-16/h9-13,17H,6-8H2,1-5H3,(H,18,19). The summed E-state index contributed by atoms with van der Waals surface area (Å²) >= 11 is 1.34. The van der Waals surface area contributed by atoms with E-state index in [9.17, 15) is 9.13 Å². The second-order valence-corrected chi connectivity index (χ2v) is 11.6. The molecule has 8 nitrogen and oxygen atoms in total. The molecule has 2 aromatic rings. The highest BCUT2D eigenvalue weighted by molar-refractivity contribution is 7.73. The van der Waals surface area contributed by atoms with Gasteiger partial charge in [-0.3, -0.25) is 9.13 Å². The maximum Gasteiger partial charge on any atom is 0.365 e. The molecule has 0 bridgehead atoms. The van der Waals surface area contributed by atoms with Gasteiger partial charge in [0.2, 0.25) is 5.52 Å². The number of thiazole rings is 1. The van der Waals surface area contributed by atoms with Gasteiger partial charge in [0.1, 0.15) is 0 Å². The van der Waals surface area contributed by atoms with Gasteiger partial charge in [-0.05, 0) is 46.8 Å². The van der Waals surface area contributed by atoms with Crippen LogP contribution in [0.1, 0.15) is 34.6 Å². The molecule has 2 atom stereocenters. The summed E-state index contributed by atoms with van der Waals surface area (Å²) in [5.41, 5.74) is -0.574. The first-order valence-corrected chi connectivity index (χ1v) is 13.3. The number of para-hydroxylation sites is 1. The molecular formula is C17H28N2O6P2S. The Morgan fingerprint density at radius 3 is 2.11 bits per heavy atom. The van der Waals surface area contributed by atoms with Gasteiger partial charge in [0.05, 0.1) is 36.1 Å². The van der Waals surface area contributed by atoms with E-state index in [0.29, 0.717) is 5.13 Å². The minimum absolute atomic E-state index is 0.111. The number of fused-ring (bicyclic) bond motifs is 1. The summed E-state index contributed by atoms with van der Waals surface area (Å²) in [5, 5.41) is 3.42. The molecule has 2 rings (SSSR count). The van der Waals surface area contributed by atoms with Crippen LogP contribution in [-0.2, 0) is 27.2 Å². The maximum atomic E-state index is 13.7. The van der Waals surface area contributed by atoms with Crippen LogP contribution in [0.4, 0.5) is 5.13 Å². The first-order valence-electron chi connectivity index (χ1n) is 9.21. The monoisotopic (exact) mass is 450 g/mol. The predicted octanol–water partition coefficient (Wildman–Crippen LogP) is 5.91. The zero-order valence-electron chi connectivity index (χ0n) is 16.8. The van der Waals surface area contributed by atoms with Crippen molar-refractivity contribution in [1.29, 1.82) is 0 Å². The number of benzene rings is 1. The lowest BCUT2D eigenvalue weighted by atomic mass is 10.3. The van der Waals surface area contributed by atoms with Crippen LogP contribution in [0.5, 0.6) is 0 Å². The Hall–Kier alpha value is -0.790. The second kappa shape index (κ2) is 10.3. The number of rotatable bonds is 12. The van der Waals surface area contributed by atoms with Gasteiger partial charge in [0.25, 0.3) is 0 Å². The van der Waals surface area contributed by atoms with E-state index in [1.165, 1.54) is 11.3 Å². The number of aromatic nitrogens is 1. The van der Waals surface area contributed by atoms with Crippen molar-refractivity contribution in [2.24, 2.45) is 0 Å². The fourth-order valence-corrected chi connectivity index (χ4v) is 8.67. The summed E-state index contributed by atoms with van der Waals surface area (Å²) in [6.45, 7) is 8.87. The van der Waals surface area contributed by atoms with Crippen LogP contribution < -0.4 is 5.32 Å². The van der Waals surface area contributed by atoms with Crippen LogP contribution >= 0.6 is 26.5 Å². The molecule has 0 saturated carbocycles. The quantitative estimate of drug-likeness (QED) is 0.399. The lowest BCUT2D eigenvalue weighted by Crippen LogP contribution is -2.26. The van der Waals surface area contributed by atoms with Crippen LogP contribution in [0.2, 0.25) is 0 Å². The van der Waals surface area contributed by atoms with Gasteiger partial charge in [0, 0.05) is 0 Å². The molecule has 0 amide bonds. The van der Waals surface area contributed by atoms with E-state index in [1.54, 1.807) is 34.6 Å². The predicted molar refractivity (Wildman–Crippen MR) is 113 cm³/mol. The summed E-state index contributed by atoms with van der Waals surface area (Å²) in [5.74, 6) is 0. The summed E-state index contributed by atoms with van der Waals surface area (Å²) in [6.07, 6.45) is -0.422. The Kier molecular flexibility index (Phi) is 8.64. The highest BCUT2D eigenvalue weighted by Gasteiger charge is 2.52. The molecule has 0 spiro atoms. The molecule has 0 aliphatic carbocycles. The van der Waals surface area contributed by atoms with Gasteiger partial charge in [-0.15, -0.1) is 0 Å². The van der Waals surface area contributed by atoms with E-state index in [1.807, 2.05) is 24.3 Å². The molecular weight excluding hydrogens is 422 g/mol. The van der Waals surface area contributed by atoms with Crippen molar-refractivity contribution in [3.63, 3.8) is 0 Å². The van der Waals surface area contributed by atoms with Gasteiger partial charge in [0.15, 0.2) is 5.13 Å². The fourth-order valence-electron chi connectivity index (χ4n) is 2.55. The van der Waals surface area contributed by atoms with Crippen LogP contribution in [0.15, 0.2) is 24.3 Å². The Balaban J connectivity index is 2.52. The molecule has 158 valence electrons. The van der Waals surface area contributed by atoms with E-state index >= 15 is 0 Å². The van der Waals surface area contributed by atoms with Crippen LogP contribution in [0, 0.1) is 0 Å². The zero-order chi connectivity index (χ0) is 20.8. The number of hydrogen-bond donors (Lipinski definition) is 1. The van der Waals surface area contributed by atoms with E-state index in [0.717, 1.165) is 10.2 Å². The van der Waals surface area contributed by atoms with Crippen molar-refractivity contribution in [3.8, 4) is 0 Å². The Morgan fingerprint density at radius 2 is 1.57 bits per heavy atom. The minimum atomic E-state index is -3.93. The Morgan fingerprint density at radius 1 is 1.00 bits per heavy atom. The van der Waals surface area contributed by atoms with Crippen molar-refractivity contribution >= 4 is 41.9 Å². The molecule has 0 radical (unpaired) electrons. The SMILES string of the molecule is CCOP(=O)(OCC)C(Nc1nc2ccccc2s1)P(=O)(OCC)OC(C)C. The topological polar surface area (TPSA) is 96.0 Å². The summed E-state index contributed by atoms with van der Waals surface area (Å²) in [6, 6.07) is 7.57. The van der Waals surface area contributed by atoms with Crippen molar-refractivity contribution in [1.82, 2.24) is 4.98 Å². The normalized spacial score (nSPS) is 15.6. The molecule has 0 aliphatic rings. The van der Waals surface area contributed by atoms with E-state index in [-0.39, 0.29) is 19.8 Å². The molecule has 0 saturated heterocycles. The van der Waals surface area contributed by atoms with Gasteiger partial charge < -0.3 is 23.4 Å². The second-order valence-electron chi connectivity index (χ2n) is 5.99. The van der Waals surface area contributed by atoms with Gasteiger partial charge in [-0.25, -0.2) is 4.98 Å². The number of anilines is 1. The lowest BCUT2D eigenvalue weighted by molar-refractivity contribution is 0.165. The van der Waals surface area contributed by atoms with Crippen LogP contribution in [-0.4, -0.2) is 36.4 Å². The van der Waals surface area contributed by atoms with E-state index in [4.69, 9.17) is 18.1 Å². The third kappa shape index (κ3) is 5.63. The van der Waals surface area contributed by atoms with Crippen molar-refractivity contribution in [2.75, 3.05) is 25.1 Å². The molecule has 1 N–H and O–H groups in total. The van der Waals surface area contributed by atoms with Gasteiger partial charge in [-0.1, -0.05) is 23.5 Å². The fraction of sp³-hybridized carbons (Fsp3) is 0.588. The molecule has 0 aliphatic heterocycles. The van der Waals surface area contributed by atoms with Gasteiger partial charge in [-0.2, -0.15) is 0 Å². The zero-order valence-corrected chi connectivity index (χ0v) is 19.4. The molecule has 1 aromatic heterocycles. The van der Waals surface area contributed by atoms with E-state index < -0.39 is 26.8 Å². The third-order valence-electron chi connectivity index (χ3n) is 3.43.